The third-order valence-electron chi connectivity index (χ3n) is 4.28. The van der Waals surface area contributed by atoms with Gasteiger partial charge in [-0.1, -0.05) is 48.0 Å². The Morgan fingerprint density at radius 1 is 0.967 bits per heavy atom. The molecule has 0 spiro atoms. The van der Waals surface area contributed by atoms with Gasteiger partial charge in [0.25, 0.3) is 0 Å². The van der Waals surface area contributed by atoms with Crippen molar-refractivity contribution >= 4 is 41.3 Å². The molecule has 4 rings (SSSR count). The minimum atomic E-state index is -0.470. The van der Waals surface area contributed by atoms with Crippen LogP contribution in [0, 0.1) is 0 Å². The highest BCUT2D eigenvalue weighted by Crippen LogP contribution is 2.26. The Labute approximate surface area is 184 Å². The summed E-state index contributed by atoms with van der Waals surface area (Å²) in [6, 6.07) is 24.6. The SMILES string of the molecule is O=C1OC(c2ccccc2)=NC1=Cc1ccccc1OCCSc1ccc(Cl)cc1. The number of rotatable bonds is 7. The Hall–Kier alpha value is -3.02. The van der Waals surface area contributed by atoms with Gasteiger partial charge in [0, 0.05) is 26.8 Å². The van der Waals surface area contributed by atoms with Gasteiger partial charge in [-0.05, 0) is 48.5 Å². The van der Waals surface area contributed by atoms with E-state index in [0.717, 1.165) is 26.8 Å². The molecule has 3 aromatic rings. The minimum Gasteiger partial charge on any atom is -0.492 e. The molecule has 0 aliphatic carbocycles. The van der Waals surface area contributed by atoms with E-state index >= 15 is 0 Å². The molecule has 3 aromatic carbocycles. The largest absolute Gasteiger partial charge is 0.492 e. The lowest BCUT2D eigenvalue weighted by Crippen LogP contribution is -2.05. The summed E-state index contributed by atoms with van der Waals surface area (Å²) >= 11 is 7.60. The van der Waals surface area contributed by atoms with E-state index in [1.54, 1.807) is 17.8 Å². The zero-order valence-corrected chi connectivity index (χ0v) is 17.5. The molecule has 0 saturated carbocycles. The number of carbonyl (C=O) groups is 1. The number of para-hydroxylation sites is 1. The number of benzene rings is 3. The van der Waals surface area contributed by atoms with Crippen LogP contribution in [-0.2, 0) is 9.53 Å². The predicted octanol–water partition coefficient (Wildman–Crippen LogP) is 5.86. The van der Waals surface area contributed by atoms with Crippen molar-refractivity contribution in [1.29, 1.82) is 0 Å². The summed E-state index contributed by atoms with van der Waals surface area (Å²) in [5.74, 6) is 1.31. The second-order valence-electron chi connectivity index (χ2n) is 6.39. The Morgan fingerprint density at radius 2 is 1.70 bits per heavy atom. The first kappa shape index (κ1) is 20.3. The number of hydrogen-bond acceptors (Lipinski definition) is 5. The summed E-state index contributed by atoms with van der Waals surface area (Å²) in [6.45, 7) is 0.524. The molecule has 4 nitrogen and oxygen atoms in total. The molecule has 0 atom stereocenters. The summed E-state index contributed by atoms with van der Waals surface area (Å²) in [5.41, 5.74) is 1.79. The molecule has 0 fully saturated rings. The lowest BCUT2D eigenvalue weighted by molar-refractivity contribution is -0.129. The fourth-order valence-electron chi connectivity index (χ4n) is 2.83. The highest BCUT2D eigenvalue weighted by atomic mass is 35.5. The van der Waals surface area contributed by atoms with Crippen LogP contribution in [0.3, 0.4) is 0 Å². The summed E-state index contributed by atoms with van der Waals surface area (Å²) in [4.78, 5) is 17.7. The molecule has 1 aliphatic rings. The lowest BCUT2D eigenvalue weighted by Gasteiger charge is -2.09. The number of hydrogen-bond donors (Lipinski definition) is 0. The van der Waals surface area contributed by atoms with Crippen molar-refractivity contribution < 1.29 is 14.3 Å². The number of ether oxygens (including phenoxy) is 2. The molecule has 0 amide bonds. The lowest BCUT2D eigenvalue weighted by atomic mass is 10.1. The number of esters is 1. The van der Waals surface area contributed by atoms with Gasteiger partial charge in [-0.2, -0.15) is 0 Å². The maximum absolute atomic E-state index is 12.3. The summed E-state index contributed by atoms with van der Waals surface area (Å²) < 4.78 is 11.3. The van der Waals surface area contributed by atoms with Gasteiger partial charge in [0.1, 0.15) is 5.75 Å². The minimum absolute atomic E-state index is 0.250. The van der Waals surface area contributed by atoms with Crippen LogP contribution in [0.5, 0.6) is 5.75 Å². The molecule has 0 unspecified atom stereocenters. The third kappa shape index (κ3) is 5.12. The van der Waals surface area contributed by atoms with Crippen molar-refractivity contribution in [2.24, 2.45) is 4.99 Å². The van der Waals surface area contributed by atoms with Crippen molar-refractivity contribution in [3.05, 3.63) is 101 Å². The molecule has 6 heteroatoms. The van der Waals surface area contributed by atoms with Crippen LogP contribution in [0.1, 0.15) is 11.1 Å². The quantitative estimate of drug-likeness (QED) is 0.202. The van der Waals surface area contributed by atoms with Crippen LogP contribution < -0.4 is 4.74 Å². The Bertz CT molecular complexity index is 1090. The van der Waals surface area contributed by atoms with Gasteiger partial charge in [-0.25, -0.2) is 9.79 Å². The third-order valence-corrected chi connectivity index (χ3v) is 5.50. The van der Waals surface area contributed by atoms with E-state index in [4.69, 9.17) is 21.1 Å². The highest BCUT2D eigenvalue weighted by molar-refractivity contribution is 7.99. The van der Waals surface area contributed by atoms with E-state index in [0.29, 0.717) is 18.3 Å². The van der Waals surface area contributed by atoms with Crippen LogP contribution in [0.2, 0.25) is 5.02 Å². The van der Waals surface area contributed by atoms with Gasteiger partial charge >= 0.3 is 5.97 Å². The molecule has 0 saturated heterocycles. The fraction of sp³-hybridized carbons (Fsp3) is 0.0833. The summed E-state index contributed by atoms with van der Waals surface area (Å²) in [5, 5.41) is 0.723. The second-order valence-corrected chi connectivity index (χ2v) is 8.00. The van der Waals surface area contributed by atoms with E-state index in [2.05, 4.69) is 4.99 Å². The van der Waals surface area contributed by atoms with E-state index in [1.165, 1.54) is 0 Å². The Morgan fingerprint density at radius 3 is 2.50 bits per heavy atom. The first-order valence-electron chi connectivity index (χ1n) is 9.37. The monoisotopic (exact) mass is 435 g/mol. The number of thioether (sulfide) groups is 1. The van der Waals surface area contributed by atoms with Gasteiger partial charge in [0.15, 0.2) is 5.70 Å². The molecule has 0 radical (unpaired) electrons. The van der Waals surface area contributed by atoms with E-state index < -0.39 is 5.97 Å². The molecule has 0 bridgehead atoms. The van der Waals surface area contributed by atoms with E-state index in [1.807, 2.05) is 78.9 Å². The van der Waals surface area contributed by atoms with Crippen molar-refractivity contribution in [3.63, 3.8) is 0 Å². The Balaban J connectivity index is 1.43. The number of carbonyl (C=O) groups excluding carboxylic acids is 1. The first-order chi connectivity index (χ1) is 14.7. The van der Waals surface area contributed by atoms with Gasteiger partial charge < -0.3 is 9.47 Å². The molecule has 30 heavy (non-hydrogen) atoms. The van der Waals surface area contributed by atoms with Crippen molar-refractivity contribution in [3.8, 4) is 5.75 Å². The average Bonchev–Trinajstić information content (AvgIpc) is 3.14. The van der Waals surface area contributed by atoms with Gasteiger partial charge in [0.05, 0.1) is 6.61 Å². The Kier molecular flexibility index (Phi) is 6.52. The maximum Gasteiger partial charge on any atom is 0.363 e. The molecular weight excluding hydrogens is 418 g/mol. The predicted molar refractivity (Wildman–Crippen MR) is 121 cm³/mol. The zero-order valence-electron chi connectivity index (χ0n) is 16.0. The summed E-state index contributed by atoms with van der Waals surface area (Å²) in [6.07, 6.45) is 1.69. The number of aliphatic imine (C=N–C) groups is 1. The molecule has 1 heterocycles. The molecular formula is C24H18ClNO3S. The van der Waals surface area contributed by atoms with Crippen LogP contribution in [-0.4, -0.2) is 24.2 Å². The molecule has 150 valence electrons. The van der Waals surface area contributed by atoms with Gasteiger partial charge in [-0.15, -0.1) is 11.8 Å². The molecule has 1 aliphatic heterocycles. The topological polar surface area (TPSA) is 47.9 Å². The standard InChI is InChI=1S/C24H18ClNO3S/c25-19-10-12-20(13-11-19)30-15-14-28-22-9-5-4-8-18(22)16-21-24(27)29-23(26-21)17-6-2-1-3-7-17/h1-13,16H,14-15H2. The van der Waals surface area contributed by atoms with Gasteiger partial charge in [-0.3, -0.25) is 0 Å². The smallest absolute Gasteiger partial charge is 0.363 e. The average molecular weight is 436 g/mol. The van der Waals surface area contributed by atoms with E-state index in [-0.39, 0.29) is 5.70 Å². The van der Waals surface area contributed by atoms with Crippen LogP contribution in [0.15, 0.2) is 94.4 Å². The zero-order chi connectivity index (χ0) is 20.8. The van der Waals surface area contributed by atoms with Crippen LogP contribution >= 0.6 is 23.4 Å². The fourth-order valence-corrected chi connectivity index (χ4v) is 3.69. The van der Waals surface area contributed by atoms with Crippen molar-refractivity contribution in [2.75, 3.05) is 12.4 Å². The van der Waals surface area contributed by atoms with E-state index in [9.17, 15) is 4.79 Å². The maximum atomic E-state index is 12.3. The second kappa shape index (κ2) is 9.65. The number of cyclic esters (lactones) is 1. The van der Waals surface area contributed by atoms with Crippen LogP contribution in [0.25, 0.3) is 6.08 Å². The first-order valence-corrected chi connectivity index (χ1v) is 10.7. The molecule has 0 aromatic heterocycles. The van der Waals surface area contributed by atoms with Crippen molar-refractivity contribution in [1.82, 2.24) is 0 Å². The number of nitrogens with zero attached hydrogens (tertiary/aromatic N) is 1. The van der Waals surface area contributed by atoms with Crippen LogP contribution in [0.4, 0.5) is 0 Å². The van der Waals surface area contributed by atoms with Crippen molar-refractivity contribution in [2.45, 2.75) is 4.90 Å². The number of halogens is 1. The van der Waals surface area contributed by atoms with Gasteiger partial charge in [0.2, 0.25) is 5.90 Å². The summed E-state index contributed by atoms with van der Waals surface area (Å²) in [7, 11) is 0. The highest BCUT2D eigenvalue weighted by Gasteiger charge is 2.24. The normalized spacial score (nSPS) is 14.5. The molecule has 0 N–H and O–H groups in total.